The van der Waals surface area contributed by atoms with Crippen molar-refractivity contribution in [2.75, 3.05) is 5.73 Å². The molecule has 0 aliphatic rings. The average molecular weight is 339 g/mol. The van der Waals surface area contributed by atoms with E-state index in [1.807, 2.05) is 17.5 Å². The quantitative estimate of drug-likeness (QED) is 0.648. The van der Waals surface area contributed by atoms with Gasteiger partial charge in [-0.1, -0.05) is 23.7 Å². The number of rotatable bonds is 5. The monoisotopic (exact) mass is 338 g/mol. The number of benzene rings is 1. The van der Waals surface area contributed by atoms with Crippen molar-refractivity contribution < 1.29 is 14.3 Å². The van der Waals surface area contributed by atoms with Crippen LogP contribution in [0, 0.1) is 0 Å². The number of nitrogens with two attached hydrogens (primary N) is 1. The summed E-state index contributed by atoms with van der Waals surface area (Å²) in [5, 5.41) is 4.90. The molecule has 2 aromatic rings. The summed E-state index contributed by atoms with van der Waals surface area (Å²) in [5.74, 6) is -1.05. The standard InChI is InChI=1S/C15H15ClN2O3S/c1-9(14(19)18-8-10-4-3-7-22-10)21-15(20)11-5-2-6-12(16)13(11)17/h2-7,9H,8,17H2,1H3,(H,18,19). The van der Waals surface area contributed by atoms with Crippen molar-refractivity contribution in [2.45, 2.75) is 19.6 Å². The van der Waals surface area contributed by atoms with Crippen LogP contribution in [-0.4, -0.2) is 18.0 Å². The zero-order chi connectivity index (χ0) is 16.1. The molecule has 0 fully saturated rings. The first kappa shape index (κ1) is 16.3. The zero-order valence-electron chi connectivity index (χ0n) is 11.8. The van der Waals surface area contributed by atoms with E-state index in [-0.39, 0.29) is 22.2 Å². The predicted octanol–water partition coefficient (Wildman–Crippen LogP) is 2.85. The number of esters is 1. The van der Waals surface area contributed by atoms with Crippen molar-refractivity contribution in [3.63, 3.8) is 0 Å². The van der Waals surface area contributed by atoms with Gasteiger partial charge < -0.3 is 15.8 Å². The fourth-order valence-corrected chi connectivity index (χ4v) is 2.54. The van der Waals surface area contributed by atoms with Gasteiger partial charge in [-0.05, 0) is 30.5 Å². The highest BCUT2D eigenvalue weighted by molar-refractivity contribution is 7.09. The van der Waals surface area contributed by atoms with E-state index >= 15 is 0 Å². The summed E-state index contributed by atoms with van der Waals surface area (Å²) in [6.07, 6.45) is -0.925. The lowest BCUT2D eigenvalue weighted by molar-refractivity contribution is -0.129. The molecule has 5 nitrogen and oxygen atoms in total. The van der Waals surface area contributed by atoms with Crippen LogP contribution in [0.25, 0.3) is 0 Å². The minimum absolute atomic E-state index is 0.139. The summed E-state index contributed by atoms with van der Waals surface area (Å²) >= 11 is 7.39. The van der Waals surface area contributed by atoms with Crippen molar-refractivity contribution in [1.29, 1.82) is 0 Å². The summed E-state index contributed by atoms with van der Waals surface area (Å²) in [7, 11) is 0. The topological polar surface area (TPSA) is 81.4 Å². The van der Waals surface area contributed by atoms with Gasteiger partial charge in [0.15, 0.2) is 6.10 Å². The molecule has 2 rings (SSSR count). The molecule has 0 spiro atoms. The van der Waals surface area contributed by atoms with Crippen molar-refractivity contribution in [3.05, 3.63) is 51.2 Å². The second-order valence-corrected chi connectivity index (χ2v) is 5.99. The maximum atomic E-state index is 12.0. The van der Waals surface area contributed by atoms with Gasteiger partial charge >= 0.3 is 5.97 Å². The highest BCUT2D eigenvalue weighted by atomic mass is 35.5. The van der Waals surface area contributed by atoms with Gasteiger partial charge in [-0.15, -0.1) is 11.3 Å². The number of carbonyl (C=O) groups excluding carboxylic acids is 2. The fourth-order valence-electron chi connectivity index (χ4n) is 1.72. The molecule has 1 aromatic heterocycles. The summed E-state index contributed by atoms with van der Waals surface area (Å²) in [6, 6.07) is 8.48. The number of hydrogen-bond acceptors (Lipinski definition) is 5. The number of para-hydroxylation sites is 1. The minimum atomic E-state index is -0.925. The third kappa shape index (κ3) is 3.99. The Kier molecular flexibility index (Phi) is 5.41. The number of amides is 1. The highest BCUT2D eigenvalue weighted by Crippen LogP contribution is 2.23. The van der Waals surface area contributed by atoms with Gasteiger partial charge in [0.2, 0.25) is 0 Å². The van der Waals surface area contributed by atoms with E-state index in [1.165, 1.54) is 24.3 Å². The van der Waals surface area contributed by atoms with Crippen LogP contribution < -0.4 is 11.1 Å². The molecule has 1 amide bonds. The zero-order valence-corrected chi connectivity index (χ0v) is 13.4. The van der Waals surface area contributed by atoms with E-state index in [4.69, 9.17) is 22.1 Å². The summed E-state index contributed by atoms with van der Waals surface area (Å²) < 4.78 is 5.12. The molecule has 0 saturated carbocycles. The molecule has 1 atom stereocenters. The molecule has 1 heterocycles. The number of nitrogens with one attached hydrogen (secondary N) is 1. The Hall–Kier alpha value is -2.05. The van der Waals surface area contributed by atoms with Crippen LogP contribution in [0.4, 0.5) is 5.69 Å². The fraction of sp³-hybridized carbons (Fsp3) is 0.200. The number of anilines is 1. The van der Waals surface area contributed by atoms with Crippen LogP contribution in [0.1, 0.15) is 22.2 Å². The lowest BCUT2D eigenvalue weighted by atomic mass is 10.2. The van der Waals surface area contributed by atoms with Crippen LogP contribution >= 0.6 is 22.9 Å². The second kappa shape index (κ2) is 7.29. The van der Waals surface area contributed by atoms with Crippen molar-refractivity contribution in [1.82, 2.24) is 5.32 Å². The SMILES string of the molecule is CC(OC(=O)c1cccc(Cl)c1N)C(=O)NCc1cccs1. The molecular weight excluding hydrogens is 324 g/mol. The van der Waals surface area contributed by atoms with Crippen molar-refractivity contribution >= 4 is 40.5 Å². The van der Waals surface area contributed by atoms with E-state index in [1.54, 1.807) is 12.1 Å². The number of hydrogen-bond donors (Lipinski definition) is 2. The number of ether oxygens (including phenoxy) is 1. The second-order valence-electron chi connectivity index (χ2n) is 4.55. The van der Waals surface area contributed by atoms with Gasteiger partial charge in [0.25, 0.3) is 5.91 Å². The normalized spacial score (nSPS) is 11.7. The number of nitrogen functional groups attached to an aromatic ring is 1. The highest BCUT2D eigenvalue weighted by Gasteiger charge is 2.20. The predicted molar refractivity (Wildman–Crippen MR) is 86.9 cm³/mol. The minimum Gasteiger partial charge on any atom is -0.449 e. The Morgan fingerprint density at radius 3 is 2.82 bits per heavy atom. The molecule has 22 heavy (non-hydrogen) atoms. The molecule has 0 aliphatic carbocycles. The first-order valence-electron chi connectivity index (χ1n) is 6.54. The maximum Gasteiger partial charge on any atom is 0.341 e. The van der Waals surface area contributed by atoms with Crippen LogP contribution in [-0.2, 0) is 16.1 Å². The Balaban J connectivity index is 1.93. The van der Waals surface area contributed by atoms with E-state index in [0.717, 1.165) is 4.88 Å². The molecule has 0 bridgehead atoms. The van der Waals surface area contributed by atoms with E-state index in [2.05, 4.69) is 5.32 Å². The van der Waals surface area contributed by atoms with Crippen molar-refractivity contribution in [3.8, 4) is 0 Å². The van der Waals surface area contributed by atoms with Gasteiger partial charge in [-0.25, -0.2) is 4.79 Å². The van der Waals surface area contributed by atoms with Gasteiger partial charge in [0, 0.05) is 4.88 Å². The molecule has 3 N–H and O–H groups in total. The third-order valence-corrected chi connectivity index (χ3v) is 4.15. The first-order chi connectivity index (χ1) is 10.5. The summed E-state index contributed by atoms with van der Waals surface area (Å²) in [5.41, 5.74) is 6.01. The first-order valence-corrected chi connectivity index (χ1v) is 7.80. The van der Waals surface area contributed by atoms with Gasteiger partial charge in [0.05, 0.1) is 22.8 Å². The lowest BCUT2D eigenvalue weighted by Gasteiger charge is -2.14. The molecule has 1 aromatic carbocycles. The van der Waals surface area contributed by atoms with E-state index in [9.17, 15) is 9.59 Å². The van der Waals surface area contributed by atoms with Gasteiger partial charge in [0.1, 0.15) is 0 Å². The smallest absolute Gasteiger partial charge is 0.341 e. The molecule has 116 valence electrons. The van der Waals surface area contributed by atoms with Gasteiger partial charge in [-0.2, -0.15) is 0 Å². The Bertz CT molecular complexity index is 673. The number of carbonyl (C=O) groups is 2. The summed E-state index contributed by atoms with van der Waals surface area (Å²) in [4.78, 5) is 25.0. The maximum absolute atomic E-state index is 12.0. The molecule has 0 saturated heterocycles. The molecular formula is C15H15ClN2O3S. The average Bonchev–Trinajstić information content (AvgIpc) is 3.00. The Morgan fingerprint density at radius 1 is 1.36 bits per heavy atom. The van der Waals surface area contributed by atoms with E-state index in [0.29, 0.717) is 6.54 Å². The Labute approximate surface area is 137 Å². The number of halogens is 1. The largest absolute Gasteiger partial charge is 0.449 e. The number of thiophene rings is 1. The van der Waals surface area contributed by atoms with Crippen LogP contribution in [0.15, 0.2) is 35.7 Å². The molecule has 0 radical (unpaired) electrons. The van der Waals surface area contributed by atoms with Gasteiger partial charge in [-0.3, -0.25) is 4.79 Å². The lowest BCUT2D eigenvalue weighted by Crippen LogP contribution is -2.35. The summed E-state index contributed by atoms with van der Waals surface area (Å²) in [6.45, 7) is 1.90. The van der Waals surface area contributed by atoms with Crippen LogP contribution in [0.3, 0.4) is 0 Å². The Morgan fingerprint density at radius 2 is 2.14 bits per heavy atom. The molecule has 7 heteroatoms. The molecule has 1 unspecified atom stereocenters. The van der Waals surface area contributed by atoms with Crippen LogP contribution in [0.2, 0.25) is 5.02 Å². The van der Waals surface area contributed by atoms with Crippen LogP contribution in [0.5, 0.6) is 0 Å². The molecule has 0 aliphatic heterocycles. The third-order valence-electron chi connectivity index (χ3n) is 2.94. The van der Waals surface area contributed by atoms with Crippen molar-refractivity contribution in [2.24, 2.45) is 0 Å². The van der Waals surface area contributed by atoms with E-state index < -0.39 is 12.1 Å².